The Labute approximate surface area is 208 Å². The second kappa shape index (κ2) is 9.19. The van der Waals surface area contributed by atoms with Gasteiger partial charge in [0.2, 0.25) is 0 Å². The van der Waals surface area contributed by atoms with E-state index in [4.69, 9.17) is 10.5 Å². The highest BCUT2D eigenvalue weighted by atomic mass is 19.1. The second-order valence-corrected chi connectivity index (χ2v) is 9.54. The molecule has 10 heteroatoms. The summed E-state index contributed by atoms with van der Waals surface area (Å²) in [4.78, 5) is 6.39. The molecule has 9 nitrogen and oxygen atoms in total. The number of hydrogen-bond donors (Lipinski definition) is 4. The van der Waals surface area contributed by atoms with Crippen LogP contribution in [0.2, 0.25) is 0 Å². The molecule has 5 rings (SSSR count). The Morgan fingerprint density at radius 3 is 2.64 bits per heavy atom. The predicted octanol–water partition coefficient (Wildman–Crippen LogP) is 1.98. The lowest BCUT2D eigenvalue weighted by molar-refractivity contribution is -0.305. The van der Waals surface area contributed by atoms with Crippen LogP contribution in [0.3, 0.4) is 0 Å². The molecule has 0 spiro atoms. The largest absolute Gasteiger partial charge is 0.432 e. The molecule has 0 atom stereocenters. The van der Waals surface area contributed by atoms with E-state index in [1.165, 1.54) is 18.3 Å². The number of nitrogens with two attached hydrogens (primary N) is 1. The third-order valence-electron chi connectivity index (χ3n) is 6.61. The van der Waals surface area contributed by atoms with Crippen molar-refractivity contribution in [1.82, 2.24) is 19.7 Å². The molecule has 0 bridgehead atoms. The molecule has 1 aliphatic heterocycles. The fraction of sp³-hybridized carbons (Fsp3) is 0.385. The number of aromatic nitrogens is 3. The van der Waals surface area contributed by atoms with Gasteiger partial charge in [-0.15, -0.1) is 0 Å². The first-order valence-corrected chi connectivity index (χ1v) is 11.8. The summed E-state index contributed by atoms with van der Waals surface area (Å²) in [6.07, 6.45) is 8.29. The van der Waals surface area contributed by atoms with Crippen LogP contribution in [0, 0.1) is 17.7 Å². The second-order valence-electron chi connectivity index (χ2n) is 9.54. The standard InChI is InChI=1S/C26H28FN5O4/c1-31-10-5-20(6-11-31)32-16-19(15-30-32)18-13-23(24(28)29-14-18)36-26(34,35)21-12-17(2-3-22(21)27)4-7-25(33)8-9-25/h2-3,12-16,20,33-35H,5-6,8-11H2,1H3,(H2,28,29). The van der Waals surface area contributed by atoms with Gasteiger partial charge in [-0.2, -0.15) is 5.10 Å². The van der Waals surface area contributed by atoms with Crippen molar-refractivity contribution < 1.29 is 24.4 Å². The summed E-state index contributed by atoms with van der Waals surface area (Å²) in [6, 6.07) is 5.40. The molecule has 1 saturated heterocycles. The Kier molecular flexibility index (Phi) is 6.18. The highest BCUT2D eigenvalue weighted by Crippen LogP contribution is 2.35. The van der Waals surface area contributed by atoms with Gasteiger partial charge in [0.05, 0.1) is 17.8 Å². The summed E-state index contributed by atoms with van der Waals surface area (Å²) in [6.45, 7) is 2.00. The molecule has 3 heterocycles. The van der Waals surface area contributed by atoms with Gasteiger partial charge >= 0.3 is 5.97 Å². The molecule has 3 aromatic rings. The quantitative estimate of drug-likeness (QED) is 0.314. The number of anilines is 1. The highest BCUT2D eigenvalue weighted by molar-refractivity contribution is 5.66. The van der Waals surface area contributed by atoms with Gasteiger partial charge in [0, 0.05) is 29.1 Å². The minimum absolute atomic E-state index is 0.0961. The van der Waals surface area contributed by atoms with Crippen molar-refractivity contribution in [2.75, 3.05) is 25.9 Å². The summed E-state index contributed by atoms with van der Waals surface area (Å²) in [7, 11) is 2.10. The van der Waals surface area contributed by atoms with E-state index in [2.05, 4.69) is 33.9 Å². The Morgan fingerprint density at radius 2 is 1.92 bits per heavy atom. The smallest absolute Gasteiger partial charge is 0.354 e. The van der Waals surface area contributed by atoms with Gasteiger partial charge in [0.1, 0.15) is 11.4 Å². The number of nitrogens with zero attached hydrogens (tertiary/aromatic N) is 4. The zero-order valence-electron chi connectivity index (χ0n) is 19.9. The normalized spacial score (nSPS) is 17.9. The van der Waals surface area contributed by atoms with E-state index in [-0.39, 0.29) is 11.6 Å². The van der Waals surface area contributed by atoms with Crippen molar-refractivity contribution in [3.8, 4) is 28.7 Å². The molecule has 5 N–H and O–H groups in total. The molecule has 36 heavy (non-hydrogen) atoms. The number of halogens is 1. The van der Waals surface area contributed by atoms with Crippen LogP contribution in [-0.2, 0) is 5.97 Å². The molecule has 0 radical (unpaired) electrons. The third-order valence-corrected chi connectivity index (χ3v) is 6.61. The van der Waals surface area contributed by atoms with E-state index < -0.39 is 23.0 Å². The van der Waals surface area contributed by atoms with E-state index in [0.29, 0.717) is 30.0 Å². The number of pyridine rings is 1. The van der Waals surface area contributed by atoms with Crippen molar-refractivity contribution >= 4 is 5.82 Å². The first-order chi connectivity index (χ1) is 17.1. The number of aliphatic hydroxyl groups is 3. The van der Waals surface area contributed by atoms with Gasteiger partial charge in [-0.3, -0.25) is 4.68 Å². The van der Waals surface area contributed by atoms with Crippen LogP contribution in [-0.4, -0.2) is 60.7 Å². The van der Waals surface area contributed by atoms with Crippen molar-refractivity contribution in [2.45, 2.75) is 43.3 Å². The fourth-order valence-electron chi connectivity index (χ4n) is 4.13. The number of ether oxygens (including phenoxy) is 1. The van der Waals surface area contributed by atoms with Gasteiger partial charge in [-0.05, 0) is 70.1 Å². The van der Waals surface area contributed by atoms with Gasteiger partial charge in [0.25, 0.3) is 0 Å². The molecule has 0 amide bonds. The molecular formula is C26H28FN5O4. The number of piperidine rings is 1. The maximum Gasteiger partial charge on any atom is 0.354 e. The van der Waals surface area contributed by atoms with Crippen LogP contribution >= 0.6 is 0 Å². The van der Waals surface area contributed by atoms with Crippen LogP contribution in [0.1, 0.15) is 42.9 Å². The molecule has 1 aromatic carbocycles. The molecule has 188 valence electrons. The number of likely N-dealkylation sites (tertiary alicyclic amines) is 1. The number of hydrogen-bond acceptors (Lipinski definition) is 8. The highest BCUT2D eigenvalue weighted by Gasteiger charge is 2.38. The maximum absolute atomic E-state index is 14.5. The summed E-state index contributed by atoms with van der Waals surface area (Å²) in [5, 5.41) is 35.7. The molecule has 2 aliphatic rings. The molecule has 1 aliphatic carbocycles. The van der Waals surface area contributed by atoms with Crippen molar-refractivity contribution in [3.63, 3.8) is 0 Å². The lowest BCUT2D eigenvalue weighted by Gasteiger charge is -2.28. The Morgan fingerprint density at radius 1 is 1.17 bits per heavy atom. The maximum atomic E-state index is 14.5. The molecular weight excluding hydrogens is 465 g/mol. The summed E-state index contributed by atoms with van der Waals surface area (Å²) in [5.74, 6) is 1.25. The number of nitrogen functional groups attached to an aromatic ring is 1. The fourth-order valence-corrected chi connectivity index (χ4v) is 4.13. The first kappa shape index (κ1) is 24.2. The summed E-state index contributed by atoms with van der Waals surface area (Å²) >= 11 is 0. The lowest BCUT2D eigenvalue weighted by atomic mass is 10.1. The van der Waals surface area contributed by atoms with Crippen LogP contribution in [0.5, 0.6) is 5.75 Å². The van der Waals surface area contributed by atoms with Gasteiger partial charge in [-0.1, -0.05) is 11.8 Å². The third kappa shape index (κ3) is 5.20. The summed E-state index contributed by atoms with van der Waals surface area (Å²) < 4.78 is 21.8. The van der Waals surface area contributed by atoms with E-state index in [0.717, 1.165) is 43.6 Å². The van der Waals surface area contributed by atoms with Crippen LogP contribution in [0.4, 0.5) is 10.2 Å². The van der Waals surface area contributed by atoms with Crippen molar-refractivity contribution in [1.29, 1.82) is 0 Å². The van der Waals surface area contributed by atoms with Crippen molar-refractivity contribution in [2.24, 2.45) is 0 Å². The zero-order valence-corrected chi connectivity index (χ0v) is 19.9. The minimum atomic E-state index is -3.05. The topological polar surface area (TPSA) is 130 Å². The Balaban J connectivity index is 1.38. The zero-order chi connectivity index (χ0) is 25.5. The number of benzene rings is 1. The molecule has 2 fully saturated rings. The van der Waals surface area contributed by atoms with Crippen LogP contribution in [0.15, 0.2) is 42.9 Å². The Hall–Kier alpha value is -3.49. The van der Waals surface area contributed by atoms with Gasteiger partial charge in [-0.25, -0.2) is 9.37 Å². The van der Waals surface area contributed by atoms with Gasteiger partial charge in [0.15, 0.2) is 11.6 Å². The first-order valence-electron chi connectivity index (χ1n) is 11.8. The van der Waals surface area contributed by atoms with Crippen LogP contribution in [0.25, 0.3) is 11.1 Å². The number of rotatable bonds is 5. The average Bonchev–Trinajstić information content (AvgIpc) is 3.38. The Bertz CT molecular complexity index is 1330. The molecule has 0 unspecified atom stereocenters. The van der Waals surface area contributed by atoms with E-state index in [1.54, 1.807) is 6.20 Å². The predicted molar refractivity (Wildman–Crippen MR) is 130 cm³/mol. The summed E-state index contributed by atoms with van der Waals surface area (Å²) in [5.41, 5.74) is 6.02. The lowest BCUT2D eigenvalue weighted by Crippen LogP contribution is -2.34. The average molecular weight is 494 g/mol. The molecule has 1 saturated carbocycles. The van der Waals surface area contributed by atoms with E-state index in [1.807, 2.05) is 10.9 Å². The van der Waals surface area contributed by atoms with E-state index in [9.17, 15) is 19.7 Å². The monoisotopic (exact) mass is 493 g/mol. The van der Waals surface area contributed by atoms with Crippen molar-refractivity contribution in [3.05, 3.63) is 59.8 Å². The molecule has 2 aromatic heterocycles. The minimum Gasteiger partial charge on any atom is -0.432 e. The van der Waals surface area contributed by atoms with Crippen LogP contribution < -0.4 is 10.5 Å². The van der Waals surface area contributed by atoms with Gasteiger partial charge < -0.3 is 30.7 Å². The SMILES string of the molecule is CN1CCC(n2cc(-c3cnc(N)c(OC(O)(O)c4cc(C#CC5(O)CC5)ccc4F)c3)cn2)CC1. The van der Waals surface area contributed by atoms with E-state index >= 15 is 0 Å².